The summed E-state index contributed by atoms with van der Waals surface area (Å²) in [6, 6.07) is 8.81. The molecule has 0 bridgehead atoms. The van der Waals surface area contributed by atoms with Crippen molar-refractivity contribution in [2.45, 2.75) is 47.0 Å². The van der Waals surface area contributed by atoms with Gasteiger partial charge in [0.05, 0.1) is 0 Å². The first-order valence-electron chi connectivity index (χ1n) is 6.84. The molecule has 0 amide bonds. The summed E-state index contributed by atoms with van der Waals surface area (Å²) in [6.45, 7) is 13.1. The monoisotopic (exact) mass is 253 g/mol. The van der Waals surface area contributed by atoms with E-state index in [1.54, 1.807) is 0 Å². The highest BCUT2D eigenvalue weighted by molar-refractivity contribution is 5.70. The predicted molar refractivity (Wildman–Crippen MR) is 82.6 cm³/mol. The number of aromatic nitrogens is 1. The number of rotatable bonds is 1. The van der Waals surface area contributed by atoms with Crippen molar-refractivity contribution < 1.29 is 0 Å². The first-order valence-corrected chi connectivity index (χ1v) is 6.84. The van der Waals surface area contributed by atoms with Crippen LogP contribution in [0.2, 0.25) is 0 Å². The molecule has 0 saturated carbocycles. The Morgan fingerprint density at radius 2 is 1.47 bits per heavy atom. The lowest BCUT2D eigenvalue weighted by Gasteiger charge is -2.19. The molecule has 0 atom stereocenters. The summed E-state index contributed by atoms with van der Waals surface area (Å²) < 4.78 is 0. The smallest absolute Gasteiger partial charge is 0.0460 e. The number of benzene rings is 1. The van der Waals surface area contributed by atoms with Crippen LogP contribution in [-0.2, 0) is 5.41 Å². The van der Waals surface area contributed by atoms with Gasteiger partial charge in [0.1, 0.15) is 0 Å². The number of hydrogen-bond acceptors (Lipinski definition) is 1. The maximum absolute atomic E-state index is 4.65. The van der Waals surface area contributed by atoms with E-state index in [1.807, 2.05) is 6.20 Å². The molecule has 1 nitrogen and oxygen atoms in total. The third-order valence-corrected chi connectivity index (χ3v) is 3.55. The van der Waals surface area contributed by atoms with Crippen molar-refractivity contribution in [3.05, 3.63) is 52.8 Å². The van der Waals surface area contributed by atoms with Gasteiger partial charge >= 0.3 is 0 Å². The van der Waals surface area contributed by atoms with Gasteiger partial charge in [-0.1, -0.05) is 44.5 Å². The van der Waals surface area contributed by atoms with Crippen molar-refractivity contribution >= 4 is 0 Å². The van der Waals surface area contributed by atoms with Gasteiger partial charge in [-0.05, 0) is 43.5 Å². The summed E-state index contributed by atoms with van der Waals surface area (Å²) in [5, 5.41) is 0. The highest BCUT2D eigenvalue weighted by atomic mass is 14.7. The van der Waals surface area contributed by atoms with Crippen LogP contribution in [0.25, 0.3) is 11.1 Å². The van der Waals surface area contributed by atoms with E-state index >= 15 is 0 Å². The van der Waals surface area contributed by atoms with Crippen LogP contribution in [0.1, 0.15) is 43.2 Å². The third-order valence-electron chi connectivity index (χ3n) is 3.55. The predicted octanol–water partition coefficient (Wildman–Crippen LogP) is 4.97. The second-order valence-electron chi connectivity index (χ2n) is 6.45. The van der Waals surface area contributed by atoms with Crippen molar-refractivity contribution in [3.8, 4) is 11.1 Å². The minimum Gasteiger partial charge on any atom is -0.260 e. The molecule has 2 aromatic rings. The zero-order chi connectivity index (χ0) is 14.2. The average molecular weight is 253 g/mol. The molecule has 0 aliphatic carbocycles. The van der Waals surface area contributed by atoms with Gasteiger partial charge in [0.25, 0.3) is 0 Å². The molecule has 1 aromatic heterocycles. The van der Waals surface area contributed by atoms with Crippen LogP contribution in [0, 0.1) is 20.8 Å². The molecule has 2 rings (SSSR count). The van der Waals surface area contributed by atoms with Gasteiger partial charge in [-0.25, -0.2) is 0 Å². The van der Waals surface area contributed by atoms with Crippen molar-refractivity contribution in [2.24, 2.45) is 0 Å². The quantitative estimate of drug-likeness (QED) is 0.699. The van der Waals surface area contributed by atoms with Crippen LogP contribution in [0.5, 0.6) is 0 Å². The van der Waals surface area contributed by atoms with Gasteiger partial charge < -0.3 is 0 Å². The molecule has 0 aliphatic rings. The van der Waals surface area contributed by atoms with Crippen LogP contribution in [0.4, 0.5) is 0 Å². The molecule has 19 heavy (non-hydrogen) atoms. The lowest BCUT2D eigenvalue weighted by Crippen LogP contribution is -2.13. The highest BCUT2D eigenvalue weighted by Crippen LogP contribution is 2.29. The van der Waals surface area contributed by atoms with Crippen LogP contribution >= 0.6 is 0 Å². The molecular weight excluding hydrogens is 230 g/mol. The van der Waals surface area contributed by atoms with Gasteiger partial charge in [0, 0.05) is 22.9 Å². The SMILES string of the molecule is Cc1ccc(-c2cnc(C(C)(C)C)cc2C)c(C)c1. The maximum atomic E-state index is 4.65. The van der Waals surface area contributed by atoms with Gasteiger partial charge in [-0.3, -0.25) is 4.98 Å². The zero-order valence-electron chi connectivity index (χ0n) is 12.8. The first-order chi connectivity index (χ1) is 8.79. The number of pyridine rings is 1. The normalized spacial score (nSPS) is 11.7. The van der Waals surface area contributed by atoms with E-state index in [0.29, 0.717) is 0 Å². The Morgan fingerprint density at radius 1 is 0.842 bits per heavy atom. The molecule has 1 heteroatoms. The van der Waals surface area contributed by atoms with E-state index in [9.17, 15) is 0 Å². The van der Waals surface area contributed by atoms with E-state index in [1.165, 1.54) is 27.8 Å². The minimum absolute atomic E-state index is 0.103. The molecule has 1 heterocycles. The van der Waals surface area contributed by atoms with Crippen molar-refractivity contribution in [2.75, 3.05) is 0 Å². The Kier molecular flexibility index (Phi) is 3.49. The molecular formula is C18H23N. The molecule has 0 aliphatic heterocycles. The fraction of sp³-hybridized carbons (Fsp3) is 0.389. The fourth-order valence-electron chi connectivity index (χ4n) is 2.36. The second-order valence-corrected chi connectivity index (χ2v) is 6.45. The van der Waals surface area contributed by atoms with Crippen molar-refractivity contribution in [3.63, 3.8) is 0 Å². The van der Waals surface area contributed by atoms with Gasteiger partial charge in [0.2, 0.25) is 0 Å². The van der Waals surface area contributed by atoms with Crippen LogP contribution in [0.15, 0.2) is 30.5 Å². The van der Waals surface area contributed by atoms with Gasteiger partial charge in [-0.2, -0.15) is 0 Å². The highest BCUT2D eigenvalue weighted by Gasteiger charge is 2.16. The van der Waals surface area contributed by atoms with E-state index in [-0.39, 0.29) is 5.41 Å². The van der Waals surface area contributed by atoms with Crippen molar-refractivity contribution in [1.29, 1.82) is 0 Å². The molecule has 0 fully saturated rings. The molecule has 0 saturated heterocycles. The summed E-state index contributed by atoms with van der Waals surface area (Å²) in [7, 11) is 0. The summed E-state index contributed by atoms with van der Waals surface area (Å²) >= 11 is 0. The maximum Gasteiger partial charge on any atom is 0.0460 e. The number of aryl methyl sites for hydroxylation is 3. The third kappa shape index (κ3) is 2.86. The van der Waals surface area contributed by atoms with Crippen LogP contribution in [0.3, 0.4) is 0 Å². The Labute approximate surface area is 116 Å². The fourth-order valence-corrected chi connectivity index (χ4v) is 2.36. The Balaban J connectivity index is 2.52. The van der Waals surface area contributed by atoms with Gasteiger partial charge in [0.15, 0.2) is 0 Å². The molecule has 0 N–H and O–H groups in total. The largest absolute Gasteiger partial charge is 0.260 e. The molecule has 0 unspecified atom stereocenters. The van der Waals surface area contributed by atoms with Crippen LogP contribution < -0.4 is 0 Å². The first kappa shape index (κ1) is 13.8. The Morgan fingerprint density at radius 3 is 2.00 bits per heavy atom. The Hall–Kier alpha value is -1.63. The zero-order valence-corrected chi connectivity index (χ0v) is 12.8. The van der Waals surface area contributed by atoms with E-state index in [4.69, 9.17) is 0 Å². The summed E-state index contributed by atoms with van der Waals surface area (Å²) in [5.41, 5.74) is 7.70. The lowest BCUT2D eigenvalue weighted by molar-refractivity contribution is 0.568. The average Bonchev–Trinajstić information content (AvgIpc) is 2.28. The lowest BCUT2D eigenvalue weighted by atomic mass is 9.89. The van der Waals surface area contributed by atoms with Crippen molar-refractivity contribution in [1.82, 2.24) is 4.98 Å². The van der Waals surface area contributed by atoms with E-state index in [0.717, 1.165) is 5.69 Å². The Bertz CT molecular complexity index is 604. The van der Waals surface area contributed by atoms with E-state index in [2.05, 4.69) is 70.8 Å². The summed E-state index contributed by atoms with van der Waals surface area (Å²) in [5.74, 6) is 0. The van der Waals surface area contributed by atoms with E-state index < -0.39 is 0 Å². The van der Waals surface area contributed by atoms with Crippen LogP contribution in [-0.4, -0.2) is 4.98 Å². The number of nitrogens with zero attached hydrogens (tertiary/aromatic N) is 1. The minimum atomic E-state index is 0.103. The molecule has 0 radical (unpaired) electrons. The standard InChI is InChI=1S/C18H23N/c1-12-7-8-15(13(2)9-12)16-11-19-17(10-14(16)3)18(4,5)6/h7-11H,1-6H3. The molecule has 0 spiro atoms. The summed E-state index contributed by atoms with van der Waals surface area (Å²) in [4.78, 5) is 4.65. The summed E-state index contributed by atoms with van der Waals surface area (Å²) in [6.07, 6.45) is 2.02. The molecule has 100 valence electrons. The second kappa shape index (κ2) is 4.80. The number of hydrogen-bond donors (Lipinski definition) is 0. The van der Waals surface area contributed by atoms with Gasteiger partial charge in [-0.15, -0.1) is 0 Å². The molecule has 1 aromatic carbocycles. The topological polar surface area (TPSA) is 12.9 Å².